The first kappa shape index (κ1) is 18.5. The van der Waals surface area contributed by atoms with Crippen LogP contribution < -0.4 is 11.0 Å². The molecule has 0 fully saturated rings. The van der Waals surface area contributed by atoms with Gasteiger partial charge in [0.15, 0.2) is 23.1 Å². The molecule has 3 heterocycles. The number of anilines is 1. The van der Waals surface area contributed by atoms with Gasteiger partial charge < -0.3 is 10.1 Å². The zero-order valence-electron chi connectivity index (χ0n) is 14.7. The number of rotatable bonds is 8. The number of hydrogen-bond donors (Lipinski definition) is 2. The van der Waals surface area contributed by atoms with Crippen LogP contribution in [0.3, 0.4) is 0 Å². The van der Waals surface area contributed by atoms with Crippen LogP contribution in [0.25, 0.3) is 17.0 Å². The maximum atomic E-state index is 14.0. The topological polar surface area (TPSA) is 114 Å². The second-order valence-corrected chi connectivity index (χ2v) is 5.88. The molecule has 0 bridgehead atoms. The molecule has 0 aliphatic heterocycles. The molecule has 9 nitrogen and oxygen atoms in total. The number of halogens is 1. The molecule has 0 aliphatic carbocycles. The molecule has 10 heteroatoms. The van der Waals surface area contributed by atoms with Gasteiger partial charge in [-0.15, -0.1) is 0 Å². The molecule has 3 aromatic rings. The predicted octanol–water partition coefficient (Wildman–Crippen LogP) is 1.76. The number of aromatic nitrogens is 5. The Morgan fingerprint density at radius 2 is 2.19 bits per heavy atom. The Bertz CT molecular complexity index is 1000. The van der Waals surface area contributed by atoms with E-state index in [0.29, 0.717) is 36.4 Å². The number of carbonyl (C=O) groups is 1. The van der Waals surface area contributed by atoms with Gasteiger partial charge in [0.1, 0.15) is 0 Å². The minimum absolute atomic E-state index is 0.0904. The fourth-order valence-corrected chi connectivity index (χ4v) is 2.55. The van der Waals surface area contributed by atoms with Crippen molar-refractivity contribution in [3.63, 3.8) is 0 Å². The van der Waals surface area contributed by atoms with Gasteiger partial charge in [0.25, 0.3) is 0 Å². The third-order valence-corrected chi connectivity index (χ3v) is 3.99. The fourth-order valence-electron chi connectivity index (χ4n) is 2.55. The van der Waals surface area contributed by atoms with Crippen molar-refractivity contribution in [2.45, 2.75) is 25.7 Å². The zero-order chi connectivity index (χ0) is 19.2. The summed E-state index contributed by atoms with van der Waals surface area (Å²) in [5.74, 6) is -0.412. The first-order valence-electron chi connectivity index (χ1n) is 8.49. The lowest BCUT2D eigenvalue weighted by Gasteiger charge is -2.08. The van der Waals surface area contributed by atoms with Crippen molar-refractivity contribution >= 4 is 17.4 Å². The maximum Gasteiger partial charge on any atom is 0.347 e. The van der Waals surface area contributed by atoms with E-state index in [4.69, 9.17) is 0 Å². The minimum atomic E-state index is -0.560. The summed E-state index contributed by atoms with van der Waals surface area (Å²) in [6.45, 7) is 0.509. The highest BCUT2D eigenvalue weighted by Crippen LogP contribution is 2.18. The molecular weight excluding hydrogens is 355 g/mol. The highest BCUT2D eigenvalue weighted by atomic mass is 19.1. The highest BCUT2D eigenvalue weighted by molar-refractivity contribution is 5.69. The van der Waals surface area contributed by atoms with E-state index in [1.54, 1.807) is 18.3 Å². The van der Waals surface area contributed by atoms with Crippen LogP contribution in [0.1, 0.15) is 25.7 Å². The van der Waals surface area contributed by atoms with Crippen LogP contribution in [0.15, 0.2) is 29.3 Å². The smallest absolute Gasteiger partial charge is 0.347 e. The molecule has 0 unspecified atom stereocenters. The second kappa shape index (κ2) is 8.39. The van der Waals surface area contributed by atoms with E-state index in [0.717, 1.165) is 19.0 Å². The Morgan fingerprint density at radius 3 is 3.00 bits per heavy atom. The van der Waals surface area contributed by atoms with Gasteiger partial charge in [-0.1, -0.05) is 6.42 Å². The number of nitrogens with zero attached hydrogens (tertiary/aromatic N) is 4. The van der Waals surface area contributed by atoms with Crippen molar-refractivity contribution < 1.29 is 13.9 Å². The normalized spacial score (nSPS) is 10.9. The Hall–Kier alpha value is -3.30. The summed E-state index contributed by atoms with van der Waals surface area (Å²) in [5.41, 5.74) is 0.655. The van der Waals surface area contributed by atoms with Crippen LogP contribution in [0, 0.1) is 5.82 Å². The van der Waals surface area contributed by atoms with Gasteiger partial charge in [-0.2, -0.15) is 5.10 Å². The molecule has 0 spiro atoms. The van der Waals surface area contributed by atoms with Crippen LogP contribution >= 0.6 is 0 Å². The molecular formula is C17H19FN6O3. The first-order chi connectivity index (χ1) is 13.1. The van der Waals surface area contributed by atoms with Crippen molar-refractivity contribution in [2.24, 2.45) is 0 Å². The van der Waals surface area contributed by atoms with Crippen LogP contribution in [0.4, 0.5) is 10.2 Å². The largest absolute Gasteiger partial charge is 0.469 e. The molecule has 0 saturated heterocycles. The maximum absolute atomic E-state index is 14.0. The lowest BCUT2D eigenvalue weighted by Crippen LogP contribution is -2.10. The van der Waals surface area contributed by atoms with Gasteiger partial charge in [0.2, 0.25) is 0 Å². The minimum Gasteiger partial charge on any atom is -0.469 e. The van der Waals surface area contributed by atoms with Crippen LogP contribution in [-0.2, 0) is 9.53 Å². The molecule has 0 radical (unpaired) electrons. The quantitative estimate of drug-likeness (QED) is 0.456. The summed E-state index contributed by atoms with van der Waals surface area (Å²) in [7, 11) is 1.36. The number of methoxy groups -OCH3 is 1. The number of H-pyrrole nitrogens is 1. The number of nitrogens with one attached hydrogen (secondary N) is 2. The summed E-state index contributed by atoms with van der Waals surface area (Å²) in [5, 5.41) is 9.14. The summed E-state index contributed by atoms with van der Waals surface area (Å²) in [6.07, 6.45) is 5.28. The van der Waals surface area contributed by atoms with E-state index < -0.39 is 5.82 Å². The van der Waals surface area contributed by atoms with Gasteiger partial charge in [-0.05, 0) is 25.0 Å². The first-order valence-corrected chi connectivity index (χ1v) is 8.49. The summed E-state index contributed by atoms with van der Waals surface area (Å²) < 4.78 is 19.9. The number of carbonyl (C=O) groups excluding carboxylic acids is 1. The number of hydrogen-bond acceptors (Lipinski definition) is 7. The summed E-state index contributed by atoms with van der Waals surface area (Å²) in [6, 6.07) is 3.35. The van der Waals surface area contributed by atoms with E-state index in [1.165, 1.54) is 11.5 Å². The molecule has 3 aromatic heterocycles. The van der Waals surface area contributed by atoms with Crippen LogP contribution in [0.2, 0.25) is 0 Å². The van der Waals surface area contributed by atoms with E-state index >= 15 is 0 Å². The standard InChI is InChI=1S/C17H19FN6O3/c1-27-14(25)5-3-2-4-8-19-16-12(18)9-20-15(21-16)11-6-7-13-22-23-17(26)24(13)10-11/h6-7,9-10H,2-5,8H2,1H3,(H,23,26)(H,19,20,21). The number of pyridine rings is 1. The fraction of sp³-hybridized carbons (Fsp3) is 0.353. The lowest BCUT2D eigenvalue weighted by molar-refractivity contribution is -0.140. The number of ether oxygens (including phenoxy) is 1. The molecule has 3 rings (SSSR count). The summed E-state index contributed by atoms with van der Waals surface area (Å²) >= 11 is 0. The lowest BCUT2D eigenvalue weighted by atomic mass is 10.2. The second-order valence-electron chi connectivity index (χ2n) is 5.88. The van der Waals surface area contributed by atoms with Crippen molar-refractivity contribution in [1.82, 2.24) is 24.6 Å². The van der Waals surface area contributed by atoms with Gasteiger partial charge in [0.05, 0.1) is 13.3 Å². The van der Waals surface area contributed by atoms with Crippen molar-refractivity contribution in [1.29, 1.82) is 0 Å². The average Bonchev–Trinajstić information content (AvgIpc) is 3.06. The molecule has 0 aromatic carbocycles. The Kier molecular flexibility index (Phi) is 5.74. The highest BCUT2D eigenvalue weighted by Gasteiger charge is 2.10. The van der Waals surface area contributed by atoms with Crippen molar-refractivity contribution in [3.8, 4) is 11.4 Å². The molecule has 0 saturated carbocycles. The molecule has 0 amide bonds. The Labute approximate surface area is 153 Å². The Morgan fingerprint density at radius 1 is 1.33 bits per heavy atom. The third-order valence-electron chi connectivity index (χ3n) is 3.99. The molecule has 0 atom stereocenters. The van der Waals surface area contributed by atoms with Crippen molar-refractivity contribution in [2.75, 3.05) is 19.0 Å². The zero-order valence-corrected chi connectivity index (χ0v) is 14.7. The van der Waals surface area contributed by atoms with E-state index in [2.05, 4.69) is 30.2 Å². The van der Waals surface area contributed by atoms with Crippen molar-refractivity contribution in [3.05, 3.63) is 40.8 Å². The monoisotopic (exact) mass is 374 g/mol. The Balaban J connectivity index is 1.64. The molecule has 2 N–H and O–H groups in total. The molecule has 0 aliphatic rings. The van der Waals surface area contributed by atoms with E-state index in [9.17, 15) is 14.0 Å². The van der Waals surface area contributed by atoms with E-state index in [1.807, 2.05) is 0 Å². The van der Waals surface area contributed by atoms with Crippen LogP contribution in [0.5, 0.6) is 0 Å². The van der Waals surface area contributed by atoms with Gasteiger partial charge in [-0.25, -0.2) is 28.7 Å². The van der Waals surface area contributed by atoms with Crippen LogP contribution in [-0.4, -0.2) is 44.2 Å². The number of unbranched alkanes of at least 4 members (excludes halogenated alkanes) is 2. The number of aromatic amines is 1. The average molecular weight is 374 g/mol. The molecule has 27 heavy (non-hydrogen) atoms. The third kappa shape index (κ3) is 4.46. The number of esters is 1. The molecule has 142 valence electrons. The van der Waals surface area contributed by atoms with E-state index in [-0.39, 0.29) is 17.5 Å². The number of fused-ring (bicyclic) bond motifs is 1. The van der Waals surface area contributed by atoms with Gasteiger partial charge >= 0.3 is 11.7 Å². The SMILES string of the molecule is COC(=O)CCCCCNc1nc(-c2ccc3n[nH]c(=O)n3c2)ncc1F. The van der Waals surface area contributed by atoms with Gasteiger partial charge in [-0.3, -0.25) is 4.79 Å². The van der Waals surface area contributed by atoms with Gasteiger partial charge in [0, 0.05) is 24.7 Å². The summed E-state index contributed by atoms with van der Waals surface area (Å²) in [4.78, 5) is 30.9. The predicted molar refractivity (Wildman–Crippen MR) is 95.8 cm³/mol.